The second kappa shape index (κ2) is 4.31. The molecule has 0 saturated carbocycles. The number of hydrogen-bond acceptors (Lipinski definition) is 3. The number of benzene rings is 1. The number of aliphatic carboxylic acids is 1. The highest BCUT2D eigenvalue weighted by Gasteiger charge is 2.26. The van der Waals surface area contributed by atoms with Crippen LogP contribution in [0.4, 0.5) is 0 Å². The van der Waals surface area contributed by atoms with E-state index < -0.39 is 11.9 Å². The highest BCUT2D eigenvalue weighted by Crippen LogP contribution is 2.36. The van der Waals surface area contributed by atoms with E-state index in [9.17, 15) is 4.79 Å². The molecule has 1 aliphatic rings. The molecule has 2 rings (SSSR count). The minimum Gasteiger partial charge on any atom is -0.493 e. The first-order chi connectivity index (χ1) is 7.63. The van der Waals surface area contributed by atoms with Gasteiger partial charge in [0.05, 0.1) is 12.5 Å². The van der Waals surface area contributed by atoms with E-state index in [1.165, 1.54) is 0 Å². The molecule has 1 aromatic rings. The van der Waals surface area contributed by atoms with Crippen LogP contribution in [0.15, 0.2) is 12.1 Å². The molecule has 0 saturated heterocycles. The van der Waals surface area contributed by atoms with Crippen molar-refractivity contribution in [1.29, 1.82) is 0 Å². The van der Waals surface area contributed by atoms with Crippen LogP contribution in [0.5, 0.6) is 5.75 Å². The lowest BCUT2D eigenvalue weighted by molar-refractivity contribution is -0.138. The van der Waals surface area contributed by atoms with Crippen LogP contribution in [0.3, 0.4) is 0 Å². The Balaban J connectivity index is 2.51. The lowest BCUT2D eigenvalue weighted by Crippen LogP contribution is -2.21. The van der Waals surface area contributed by atoms with Gasteiger partial charge in [0.2, 0.25) is 0 Å². The lowest BCUT2D eigenvalue weighted by atomic mass is 9.96. The SMILES string of the molecule is NCC(C(=O)O)c1cc(Cl)cc2c1OCC2. The summed E-state index contributed by atoms with van der Waals surface area (Å²) >= 11 is 5.94. The van der Waals surface area contributed by atoms with Gasteiger partial charge in [-0.25, -0.2) is 0 Å². The van der Waals surface area contributed by atoms with E-state index in [4.69, 9.17) is 27.2 Å². The second-order valence-corrected chi connectivity index (χ2v) is 4.14. The van der Waals surface area contributed by atoms with Gasteiger partial charge in [0, 0.05) is 23.6 Å². The van der Waals surface area contributed by atoms with E-state index in [2.05, 4.69) is 0 Å². The third-order valence-corrected chi connectivity index (χ3v) is 2.90. The van der Waals surface area contributed by atoms with Gasteiger partial charge >= 0.3 is 5.97 Å². The molecular formula is C11H12ClNO3. The van der Waals surface area contributed by atoms with E-state index in [0.717, 1.165) is 12.0 Å². The molecule has 3 N–H and O–H groups in total. The van der Waals surface area contributed by atoms with Crippen molar-refractivity contribution in [2.75, 3.05) is 13.2 Å². The van der Waals surface area contributed by atoms with Crippen LogP contribution in [-0.4, -0.2) is 24.2 Å². The number of carboxylic acids is 1. The Morgan fingerprint density at radius 1 is 1.62 bits per heavy atom. The zero-order valence-corrected chi connectivity index (χ0v) is 9.33. The van der Waals surface area contributed by atoms with Crippen LogP contribution < -0.4 is 10.5 Å². The average molecular weight is 242 g/mol. The van der Waals surface area contributed by atoms with Crippen molar-refractivity contribution in [3.8, 4) is 5.75 Å². The zero-order chi connectivity index (χ0) is 11.7. The number of ether oxygens (including phenoxy) is 1. The van der Waals surface area contributed by atoms with Crippen LogP contribution >= 0.6 is 11.6 Å². The zero-order valence-electron chi connectivity index (χ0n) is 8.57. The number of rotatable bonds is 3. The van der Waals surface area contributed by atoms with Crippen molar-refractivity contribution < 1.29 is 14.6 Å². The van der Waals surface area contributed by atoms with Crippen LogP contribution in [0.2, 0.25) is 5.02 Å². The van der Waals surface area contributed by atoms with E-state index in [1.807, 2.05) is 6.07 Å². The third-order valence-electron chi connectivity index (χ3n) is 2.69. The summed E-state index contributed by atoms with van der Waals surface area (Å²) < 4.78 is 5.44. The van der Waals surface area contributed by atoms with Crippen LogP contribution in [0.1, 0.15) is 17.0 Å². The second-order valence-electron chi connectivity index (χ2n) is 3.71. The number of carboxylic acid groups (broad SMARTS) is 1. The maximum absolute atomic E-state index is 11.1. The van der Waals surface area contributed by atoms with E-state index in [1.54, 1.807) is 6.07 Å². The van der Waals surface area contributed by atoms with Gasteiger partial charge < -0.3 is 15.6 Å². The number of fused-ring (bicyclic) bond motifs is 1. The number of halogens is 1. The summed E-state index contributed by atoms with van der Waals surface area (Å²) in [6.07, 6.45) is 0.764. The van der Waals surface area contributed by atoms with Crippen molar-refractivity contribution in [2.45, 2.75) is 12.3 Å². The predicted octanol–water partition coefficient (Wildman–Crippen LogP) is 1.40. The quantitative estimate of drug-likeness (QED) is 0.839. The van der Waals surface area contributed by atoms with Gasteiger partial charge in [-0.15, -0.1) is 0 Å². The lowest BCUT2D eigenvalue weighted by Gasteiger charge is -2.14. The molecule has 86 valence electrons. The summed E-state index contributed by atoms with van der Waals surface area (Å²) in [5.74, 6) is -1.07. The van der Waals surface area contributed by atoms with Gasteiger partial charge in [-0.2, -0.15) is 0 Å². The van der Waals surface area contributed by atoms with Gasteiger partial charge in [0.15, 0.2) is 0 Å². The molecule has 1 aromatic carbocycles. The number of hydrogen-bond donors (Lipinski definition) is 2. The van der Waals surface area contributed by atoms with Crippen LogP contribution in [0.25, 0.3) is 0 Å². The van der Waals surface area contributed by atoms with Gasteiger partial charge in [0.25, 0.3) is 0 Å². The predicted molar refractivity (Wildman–Crippen MR) is 60.1 cm³/mol. The van der Waals surface area contributed by atoms with Gasteiger partial charge in [-0.1, -0.05) is 11.6 Å². The molecule has 0 amide bonds. The maximum atomic E-state index is 11.1. The van der Waals surface area contributed by atoms with Gasteiger partial charge in [-0.3, -0.25) is 4.79 Å². The first-order valence-electron chi connectivity index (χ1n) is 5.01. The Morgan fingerprint density at radius 2 is 2.38 bits per heavy atom. The molecule has 0 aromatic heterocycles. The molecule has 4 nitrogen and oxygen atoms in total. The van der Waals surface area contributed by atoms with E-state index >= 15 is 0 Å². The van der Waals surface area contributed by atoms with Crippen molar-refractivity contribution in [2.24, 2.45) is 5.73 Å². The Bertz CT molecular complexity index is 433. The van der Waals surface area contributed by atoms with Crippen molar-refractivity contribution in [3.05, 3.63) is 28.3 Å². The fraction of sp³-hybridized carbons (Fsp3) is 0.364. The maximum Gasteiger partial charge on any atom is 0.312 e. The first-order valence-corrected chi connectivity index (χ1v) is 5.39. The molecule has 0 spiro atoms. The molecule has 0 aliphatic carbocycles. The Hall–Kier alpha value is -1.26. The summed E-state index contributed by atoms with van der Waals surface area (Å²) in [6.45, 7) is 0.602. The van der Waals surface area contributed by atoms with Gasteiger partial charge in [-0.05, 0) is 17.7 Å². The summed E-state index contributed by atoms with van der Waals surface area (Å²) in [4.78, 5) is 11.1. The molecule has 5 heteroatoms. The molecule has 0 radical (unpaired) electrons. The summed E-state index contributed by atoms with van der Waals surface area (Å²) in [5.41, 5.74) is 7.01. The fourth-order valence-corrected chi connectivity index (χ4v) is 2.17. The topological polar surface area (TPSA) is 72.6 Å². The largest absolute Gasteiger partial charge is 0.493 e. The monoisotopic (exact) mass is 241 g/mol. The molecular weight excluding hydrogens is 230 g/mol. The van der Waals surface area contributed by atoms with Crippen molar-refractivity contribution >= 4 is 17.6 Å². The van der Waals surface area contributed by atoms with Crippen molar-refractivity contribution in [3.63, 3.8) is 0 Å². The Morgan fingerprint density at radius 3 is 3.00 bits per heavy atom. The molecule has 0 bridgehead atoms. The standard InChI is InChI=1S/C11H12ClNO3/c12-7-3-6-1-2-16-10(6)8(4-7)9(5-13)11(14)15/h3-4,9H,1-2,5,13H2,(H,14,15). The van der Waals surface area contributed by atoms with Crippen LogP contribution in [0, 0.1) is 0 Å². The highest BCUT2D eigenvalue weighted by atomic mass is 35.5. The van der Waals surface area contributed by atoms with E-state index in [0.29, 0.717) is 22.9 Å². The molecule has 1 atom stereocenters. The normalized spacial score (nSPS) is 15.4. The Labute approximate surface area is 98.0 Å². The number of nitrogens with two attached hydrogens (primary N) is 1. The molecule has 16 heavy (non-hydrogen) atoms. The fourth-order valence-electron chi connectivity index (χ4n) is 1.92. The third kappa shape index (κ3) is 1.86. The van der Waals surface area contributed by atoms with E-state index in [-0.39, 0.29) is 6.54 Å². The number of carbonyl (C=O) groups is 1. The molecule has 1 aliphatic heterocycles. The summed E-state index contributed by atoms with van der Waals surface area (Å²) in [5, 5.41) is 9.60. The first kappa shape index (κ1) is 11.2. The highest BCUT2D eigenvalue weighted by molar-refractivity contribution is 6.30. The summed E-state index contributed by atoms with van der Waals surface area (Å²) in [7, 11) is 0. The molecule has 1 heterocycles. The minimum absolute atomic E-state index is 0.0332. The van der Waals surface area contributed by atoms with Crippen LogP contribution in [-0.2, 0) is 11.2 Å². The van der Waals surface area contributed by atoms with Crippen molar-refractivity contribution in [1.82, 2.24) is 0 Å². The minimum atomic E-state index is -0.956. The summed E-state index contributed by atoms with van der Waals surface area (Å²) in [6, 6.07) is 3.43. The van der Waals surface area contributed by atoms with Gasteiger partial charge in [0.1, 0.15) is 5.75 Å². The molecule has 0 fully saturated rings. The Kier molecular flexibility index (Phi) is 3.03. The average Bonchev–Trinajstić information content (AvgIpc) is 2.65. The molecule has 1 unspecified atom stereocenters. The smallest absolute Gasteiger partial charge is 0.312 e.